The van der Waals surface area contributed by atoms with E-state index < -0.39 is 5.97 Å². The molecule has 0 unspecified atom stereocenters. The van der Waals surface area contributed by atoms with Crippen molar-refractivity contribution in [2.45, 2.75) is 19.9 Å². The third kappa shape index (κ3) is 4.05. The molecule has 1 aliphatic rings. The Bertz CT molecular complexity index is 1040. The molecule has 0 spiro atoms. The van der Waals surface area contributed by atoms with Gasteiger partial charge in [-0.15, -0.1) is 0 Å². The number of aromatic nitrogens is 2. The van der Waals surface area contributed by atoms with E-state index >= 15 is 0 Å². The molecule has 0 bridgehead atoms. The third-order valence-electron chi connectivity index (χ3n) is 5.02. The number of ether oxygens (including phenoxy) is 2. The molecule has 1 N–H and O–H groups in total. The molecule has 0 radical (unpaired) electrons. The molecule has 4 rings (SSSR count). The quantitative estimate of drug-likeness (QED) is 0.597. The van der Waals surface area contributed by atoms with Crippen LogP contribution in [0, 0.1) is 0 Å². The predicted octanol–water partition coefficient (Wildman–Crippen LogP) is 3.97. The zero-order chi connectivity index (χ0) is 20.9. The van der Waals surface area contributed by atoms with Gasteiger partial charge in [-0.3, -0.25) is 0 Å². The normalized spacial score (nSPS) is 12.4. The summed E-state index contributed by atoms with van der Waals surface area (Å²) >= 11 is 0. The van der Waals surface area contributed by atoms with Crippen molar-refractivity contribution < 1.29 is 14.3 Å². The second-order valence-corrected chi connectivity index (χ2v) is 6.88. The number of nitrogens with one attached hydrogen (secondary N) is 1. The highest BCUT2D eigenvalue weighted by Gasteiger charge is 2.24. The molecule has 1 aromatic heterocycles. The lowest BCUT2D eigenvalue weighted by molar-refractivity contribution is 0.0526. The molecular weight excluding hydrogens is 380 g/mol. The molecule has 0 amide bonds. The first kappa shape index (κ1) is 19.7. The molecule has 2 aromatic carbocycles. The Labute approximate surface area is 175 Å². The van der Waals surface area contributed by atoms with Crippen LogP contribution < -0.4 is 15.0 Å². The van der Waals surface area contributed by atoms with E-state index in [0.29, 0.717) is 23.9 Å². The Hall–Kier alpha value is -3.61. The Kier molecular flexibility index (Phi) is 5.79. The molecule has 0 fully saturated rings. The Morgan fingerprint density at radius 3 is 2.73 bits per heavy atom. The number of esters is 1. The van der Waals surface area contributed by atoms with Crippen molar-refractivity contribution >= 4 is 23.4 Å². The van der Waals surface area contributed by atoms with E-state index in [2.05, 4.69) is 32.3 Å². The summed E-state index contributed by atoms with van der Waals surface area (Å²) in [7, 11) is 1.64. The standard InChI is InChI=1S/C23H24N4O3/c1-3-30-22(28)19-15-25-23(27-13-12-17-6-4-5-7-20(17)27)26-21(19)24-14-16-8-10-18(29-2)11-9-16/h4-11,15H,3,12-14H2,1-2H3,(H,24,25,26). The monoisotopic (exact) mass is 404 g/mol. The second kappa shape index (κ2) is 8.82. The minimum atomic E-state index is -0.442. The summed E-state index contributed by atoms with van der Waals surface area (Å²) in [5, 5.41) is 3.27. The molecule has 7 nitrogen and oxygen atoms in total. The molecule has 0 atom stereocenters. The van der Waals surface area contributed by atoms with Crippen molar-refractivity contribution in [3.05, 3.63) is 71.4 Å². The number of rotatable bonds is 7. The Morgan fingerprint density at radius 1 is 1.17 bits per heavy atom. The number of fused-ring (bicyclic) bond motifs is 1. The summed E-state index contributed by atoms with van der Waals surface area (Å²) in [6.07, 6.45) is 2.48. The van der Waals surface area contributed by atoms with Crippen molar-refractivity contribution in [3.8, 4) is 5.75 Å². The van der Waals surface area contributed by atoms with Crippen LogP contribution in [0.25, 0.3) is 0 Å². The fraction of sp³-hybridized carbons (Fsp3) is 0.261. The minimum absolute atomic E-state index is 0.290. The van der Waals surface area contributed by atoms with Crippen molar-refractivity contribution in [2.75, 3.05) is 30.5 Å². The number of methoxy groups -OCH3 is 1. The van der Waals surface area contributed by atoms with Crippen molar-refractivity contribution in [3.63, 3.8) is 0 Å². The van der Waals surface area contributed by atoms with E-state index in [0.717, 1.165) is 30.0 Å². The van der Waals surface area contributed by atoms with Crippen molar-refractivity contribution in [1.29, 1.82) is 0 Å². The summed E-state index contributed by atoms with van der Waals surface area (Å²) < 4.78 is 10.4. The van der Waals surface area contributed by atoms with E-state index in [1.165, 1.54) is 11.8 Å². The van der Waals surface area contributed by atoms with Gasteiger partial charge in [-0.05, 0) is 42.7 Å². The zero-order valence-electron chi connectivity index (χ0n) is 17.1. The summed E-state index contributed by atoms with van der Waals surface area (Å²) in [6.45, 7) is 3.37. The van der Waals surface area contributed by atoms with E-state index in [-0.39, 0.29) is 6.61 Å². The highest BCUT2D eigenvalue weighted by molar-refractivity contribution is 5.94. The summed E-state index contributed by atoms with van der Waals surface area (Å²) in [5.41, 5.74) is 3.73. The topological polar surface area (TPSA) is 76.6 Å². The maximum absolute atomic E-state index is 12.4. The molecule has 1 aliphatic heterocycles. The van der Waals surface area contributed by atoms with Gasteiger partial charge in [0.25, 0.3) is 0 Å². The number of carbonyl (C=O) groups is 1. The average Bonchev–Trinajstić information content (AvgIpc) is 3.22. The molecule has 3 aromatic rings. The van der Waals surface area contributed by atoms with Crippen LogP contribution in [0.3, 0.4) is 0 Å². The van der Waals surface area contributed by atoms with Gasteiger partial charge in [0, 0.05) is 25.0 Å². The van der Waals surface area contributed by atoms with Gasteiger partial charge in [-0.1, -0.05) is 30.3 Å². The Balaban J connectivity index is 1.62. The van der Waals surface area contributed by atoms with Crippen molar-refractivity contribution in [2.24, 2.45) is 0 Å². The molecule has 154 valence electrons. The molecule has 30 heavy (non-hydrogen) atoms. The maximum atomic E-state index is 12.4. The maximum Gasteiger partial charge on any atom is 0.343 e. The first-order chi connectivity index (χ1) is 14.7. The van der Waals surface area contributed by atoms with Gasteiger partial charge in [0.1, 0.15) is 17.1 Å². The molecule has 0 aliphatic carbocycles. The van der Waals surface area contributed by atoms with Gasteiger partial charge in [-0.2, -0.15) is 4.98 Å². The lowest BCUT2D eigenvalue weighted by atomic mass is 10.2. The van der Waals surface area contributed by atoms with Gasteiger partial charge < -0.3 is 19.7 Å². The van der Waals surface area contributed by atoms with Crippen LogP contribution in [0.2, 0.25) is 0 Å². The smallest absolute Gasteiger partial charge is 0.343 e. The van der Waals surface area contributed by atoms with Crippen LogP contribution in [0.5, 0.6) is 5.75 Å². The zero-order valence-corrected chi connectivity index (χ0v) is 17.1. The van der Waals surface area contributed by atoms with Gasteiger partial charge in [0.05, 0.1) is 13.7 Å². The first-order valence-corrected chi connectivity index (χ1v) is 9.96. The highest BCUT2D eigenvalue weighted by atomic mass is 16.5. The molecule has 0 saturated carbocycles. The van der Waals surface area contributed by atoms with E-state index in [4.69, 9.17) is 9.47 Å². The lowest BCUT2D eigenvalue weighted by Gasteiger charge is -2.19. The van der Waals surface area contributed by atoms with Crippen LogP contribution in [0.15, 0.2) is 54.7 Å². The predicted molar refractivity (Wildman–Crippen MR) is 115 cm³/mol. The molecule has 2 heterocycles. The molecule has 0 saturated heterocycles. The number of hydrogen-bond donors (Lipinski definition) is 1. The minimum Gasteiger partial charge on any atom is -0.497 e. The lowest BCUT2D eigenvalue weighted by Crippen LogP contribution is -2.19. The third-order valence-corrected chi connectivity index (χ3v) is 5.02. The number of nitrogens with zero attached hydrogens (tertiary/aromatic N) is 3. The fourth-order valence-electron chi connectivity index (χ4n) is 3.47. The van der Waals surface area contributed by atoms with Gasteiger partial charge in [0.15, 0.2) is 0 Å². The van der Waals surface area contributed by atoms with Crippen LogP contribution in [-0.4, -0.2) is 36.2 Å². The molecular formula is C23H24N4O3. The van der Waals surface area contributed by atoms with Crippen LogP contribution in [-0.2, 0) is 17.7 Å². The first-order valence-electron chi connectivity index (χ1n) is 9.96. The summed E-state index contributed by atoms with van der Waals surface area (Å²) in [4.78, 5) is 23.6. The Morgan fingerprint density at radius 2 is 1.97 bits per heavy atom. The fourth-order valence-corrected chi connectivity index (χ4v) is 3.47. The van der Waals surface area contributed by atoms with Gasteiger partial charge in [0.2, 0.25) is 5.95 Å². The van der Waals surface area contributed by atoms with Crippen LogP contribution in [0.4, 0.5) is 17.5 Å². The summed E-state index contributed by atoms with van der Waals surface area (Å²) in [5.74, 6) is 1.37. The largest absolute Gasteiger partial charge is 0.497 e. The van der Waals surface area contributed by atoms with E-state index in [1.54, 1.807) is 14.0 Å². The van der Waals surface area contributed by atoms with Crippen LogP contribution >= 0.6 is 0 Å². The number of hydrogen-bond acceptors (Lipinski definition) is 7. The second-order valence-electron chi connectivity index (χ2n) is 6.88. The number of benzene rings is 2. The van der Waals surface area contributed by atoms with Gasteiger partial charge >= 0.3 is 5.97 Å². The SMILES string of the molecule is CCOC(=O)c1cnc(N2CCc3ccccc32)nc1NCc1ccc(OC)cc1. The average molecular weight is 404 g/mol. The number of carbonyl (C=O) groups excluding carboxylic acids is 1. The highest BCUT2D eigenvalue weighted by Crippen LogP contribution is 2.33. The van der Waals surface area contributed by atoms with Crippen LogP contribution in [0.1, 0.15) is 28.4 Å². The van der Waals surface area contributed by atoms with E-state index in [9.17, 15) is 4.79 Å². The van der Waals surface area contributed by atoms with Crippen molar-refractivity contribution in [1.82, 2.24) is 9.97 Å². The van der Waals surface area contributed by atoms with E-state index in [1.807, 2.05) is 36.4 Å². The molecule has 7 heteroatoms. The number of anilines is 3. The van der Waals surface area contributed by atoms with Gasteiger partial charge in [-0.25, -0.2) is 9.78 Å². The number of para-hydroxylation sites is 1. The summed E-state index contributed by atoms with van der Waals surface area (Å²) in [6, 6.07) is 16.0.